The Kier molecular flexibility index (Phi) is 10.1. The first kappa shape index (κ1) is 30.5. The highest BCUT2D eigenvalue weighted by atomic mass is 19.1. The fourth-order valence-electron chi connectivity index (χ4n) is 5.64. The normalized spacial score (nSPS) is 14.8. The van der Waals surface area contributed by atoms with Gasteiger partial charge in [0, 0.05) is 25.2 Å². The van der Waals surface area contributed by atoms with Crippen LogP contribution in [0.1, 0.15) is 61.8 Å². The number of carbonyl (C=O) groups excluding carboxylic acids is 1. The van der Waals surface area contributed by atoms with Crippen molar-refractivity contribution in [3.8, 4) is 22.6 Å². The molecule has 2 unspecified atom stereocenters. The maximum Gasteiger partial charge on any atom is 0.306 e. The lowest BCUT2D eigenvalue weighted by molar-refractivity contribution is -0.141. The second kappa shape index (κ2) is 13.5. The average Bonchev–Trinajstić information content (AvgIpc) is 3.81. The van der Waals surface area contributed by atoms with Crippen LogP contribution < -0.4 is 9.47 Å². The van der Waals surface area contributed by atoms with Crippen molar-refractivity contribution < 1.29 is 32.9 Å². The first-order valence-electron chi connectivity index (χ1n) is 14.0. The van der Waals surface area contributed by atoms with Crippen LogP contribution >= 0.6 is 0 Å². The summed E-state index contributed by atoms with van der Waals surface area (Å²) in [6.07, 6.45) is 2.22. The molecule has 0 aliphatic heterocycles. The molecule has 0 bridgehead atoms. The minimum absolute atomic E-state index is 0.125. The summed E-state index contributed by atoms with van der Waals surface area (Å²) in [6.45, 7) is 4.89. The molecule has 2 atom stereocenters. The Labute approximate surface area is 242 Å². The highest BCUT2D eigenvalue weighted by Gasteiger charge is 2.35. The fraction of sp³-hybridized carbons (Fsp3) is 0.441. The van der Waals surface area contributed by atoms with Crippen LogP contribution in [0.2, 0.25) is 0 Å². The molecule has 1 aliphatic rings. The third-order valence-electron chi connectivity index (χ3n) is 7.82. The number of hydrogen-bond acceptors (Lipinski definition) is 6. The molecule has 6 nitrogen and oxygen atoms in total. The van der Waals surface area contributed by atoms with Crippen LogP contribution in [0.4, 0.5) is 4.39 Å². The molecule has 41 heavy (non-hydrogen) atoms. The Bertz CT molecular complexity index is 1330. The number of carbonyl (C=O) groups is 1. The maximum absolute atomic E-state index is 15.1. The third-order valence-corrected chi connectivity index (χ3v) is 7.82. The zero-order valence-corrected chi connectivity index (χ0v) is 24.9. The minimum atomic E-state index is -0.404. The molecule has 0 spiro atoms. The summed E-state index contributed by atoms with van der Waals surface area (Å²) in [5.74, 6) is 1.38. The van der Waals surface area contributed by atoms with Crippen molar-refractivity contribution in [3.05, 3.63) is 83.2 Å². The van der Waals surface area contributed by atoms with E-state index in [0.717, 1.165) is 40.8 Å². The molecular weight excluding hydrogens is 523 g/mol. The van der Waals surface area contributed by atoms with Gasteiger partial charge in [-0.15, -0.1) is 0 Å². The quantitative estimate of drug-likeness (QED) is 0.189. The summed E-state index contributed by atoms with van der Waals surface area (Å²) >= 11 is 0. The molecule has 0 aromatic heterocycles. The van der Waals surface area contributed by atoms with E-state index in [4.69, 9.17) is 23.7 Å². The number of halogens is 1. The van der Waals surface area contributed by atoms with E-state index < -0.39 is 5.41 Å². The molecule has 1 fully saturated rings. The van der Waals surface area contributed by atoms with Crippen molar-refractivity contribution in [3.63, 3.8) is 0 Å². The van der Waals surface area contributed by atoms with Gasteiger partial charge in [0.25, 0.3) is 0 Å². The van der Waals surface area contributed by atoms with Crippen molar-refractivity contribution in [1.29, 1.82) is 0 Å². The third kappa shape index (κ3) is 7.46. The molecule has 220 valence electrons. The molecule has 3 aromatic carbocycles. The van der Waals surface area contributed by atoms with Gasteiger partial charge >= 0.3 is 5.97 Å². The first-order chi connectivity index (χ1) is 19.7. The van der Waals surface area contributed by atoms with Gasteiger partial charge < -0.3 is 23.7 Å². The summed E-state index contributed by atoms with van der Waals surface area (Å²) in [5.41, 5.74) is 3.59. The van der Waals surface area contributed by atoms with E-state index in [1.807, 2.05) is 36.4 Å². The van der Waals surface area contributed by atoms with Crippen molar-refractivity contribution >= 4 is 5.97 Å². The van der Waals surface area contributed by atoms with Crippen LogP contribution in [0.3, 0.4) is 0 Å². The first-order valence-corrected chi connectivity index (χ1v) is 14.0. The topological polar surface area (TPSA) is 63.2 Å². The largest absolute Gasteiger partial charge is 0.497 e. The summed E-state index contributed by atoms with van der Waals surface area (Å²) in [5, 5.41) is 0. The van der Waals surface area contributed by atoms with Gasteiger partial charge in [0.1, 0.15) is 23.9 Å². The van der Waals surface area contributed by atoms with Crippen LogP contribution in [0.5, 0.6) is 11.5 Å². The zero-order chi connectivity index (χ0) is 29.6. The lowest BCUT2D eigenvalue weighted by atomic mass is 9.80. The summed E-state index contributed by atoms with van der Waals surface area (Å²) in [7, 11) is 6.31. The summed E-state index contributed by atoms with van der Waals surface area (Å²) in [6, 6.07) is 18.6. The Morgan fingerprint density at radius 2 is 1.73 bits per heavy atom. The van der Waals surface area contributed by atoms with Gasteiger partial charge in [0.2, 0.25) is 0 Å². The molecule has 0 amide bonds. The van der Waals surface area contributed by atoms with Gasteiger partial charge in [0.15, 0.2) is 0 Å². The number of rotatable bonds is 14. The second-order valence-electron chi connectivity index (χ2n) is 11.4. The van der Waals surface area contributed by atoms with E-state index in [1.54, 1.807) is 33.5 Å². The molecule has 0 heterocycles. The van der Waals surface area contributed by atoms with Gasteiger partial charge in [-0.2, -0.15) is 0 Å². The monoisotopic (exact) mass is 564 g/mol. The highest BCUT2D eigenvalue weighted by Crippen LogP contribution is 2.45. The number of hydrogen-bond donors (Lipinski definition) is 0. The molecule has 0 radical (unpaired) electrons. The zero-order valence-electron chi connectivity index (χ0n) is 24.9. The highest BCUT2D eigenvalue weighted by molar-refractivity contribution is 5.71. The number of esters is 1. The van der Waals surface area contributed by atoms with Gasteiger partial charge in [-0.3, -0.25) is 4.79 Å². The predicted molar refractivity (Wildman–Crippen MR) is 157 cm³/mol. The van der Waals surface area contributed by atoms with Crippen molar-refractivity contribution in [2.75, 3.05) is 35.0 Å². The molecule has 0 saturated heterocycles. The molecule has 1 saturated carbocycles. The van der Waals surface area contributed by atoms with Gasteiger partial charge in [-0.05, 0) is 83.3 Å². The van der Waals surface area contributed by atoms with Gasteiger partial charge in [-0.25, -0.2) is 4.39 Å². The predicted octanol–water partition coefficient (Wildman–Crippen LogP) is 7.50. The smallest absolute Gasteiger partial charge is 0.306 e. The van der Waals surface area contributed by atoms with Crippen molar-refractivity contribution in [2.24, 2.45) is 11.3 Å². The van der Waals surface area contributed by atoms with Crippen LogP contribution in [-0.2, 0) is 25.6 Å². The van der Waals surface area contributed by atoms with E-state index in [9.17, 15) is 4.79 Å². The van der Waals surface area contributed by atoms with Crippen LogP contribution in [0.15, 0.2) is 60.7 Å². The molecule has 4 rings (SSSR count). The standard InChI is InChI=1S/C34H41FO6/c1-34(2,21-37-3)33(40-6)30-16-22(10-14-27(30)29-18-25(38-4)13-15-31(29)35)20-41-26-9-7-8-24(17-26)28(23-11-12-23)19-32(36)39-5/h7-10,13-18,23,28,33H,11-12,19-21H2,1-6H3. The number of methoxy groups -OCH3 is 4. The SMILES string of the molecule is COCC(C)(C)C(OC)c1cc(COc2cccc(C(CC(=O)OC)C3CC3)c2)ccc1-c1cc(OC)ccc1F. The molecule has 7 heteroatoms. The summed E-state index contributed by atoms with van der Waals surface area (Å²) in [4.78, 5) is 12.0. The lowest BCUT2D eigenvalue weighted by Gasteiger charge is -2.34. The summed E-state index contributed by atoms with van der Waals surface area (Å²) < 4.78 is 43.2. The van der Waals surface area contributed by atoms with Crippen LogP contribution in [0.25, 0.3) is 11.1 Å². The van der Waals surface area contributed by atoms with Crippen molar-refractivity contribution in [1.82, 2.24) is 0 Å². The van der Waals surface area contributed by atoms with Gasteiger partial charge in [0.05, 0.1) is 33.4 Å². The van der Waals surface area contributed by atoms with E-state index >= 15 is 4.39 Å². The molecule has 0 N–H and O–H groups in total. The van der Waals surface area contributed by atoms with Crippen molar-refractivity contribution in [2.45, 2.75) is 51.7 Å². The van der Waals surface area contributed by atoms with Gasteiger partial charge in [-0.1, -0.05) is 38.1 Å². The molecule has 3 aromatic rings. The van der Waals surface area contributed by atoms with Crippen LogP contribution in [-0.4, -0.2) is 41.0 Å². The minimum Gasteiger partial charge on any atom is -0.497 e. The Morgan fingerprint density at radius 1 is 0.951 bits per heavy atom. The molecular formula is C34H41FO6. The number of benzene rings is 3. The van der Waals surface area contributed by atoms with E-state index in [1.165, 1.54) is 13.2 Å². The maximum atomic E-state index is 15.1. The van der Waals surface area contributed by atoms with E-state index in [-0.39, 0.29) is 23.8 Å². The Balaban J connectivity index is 1.65. The average molecular weight is 565 g/mol. The van der Waals surface area contributed by atoms with E-state index in [0.29, 0.717) is 36.9 Å². The fourth-order valence-corrected chi connectivity index (χ4v) is 5.64. The molecule has 1 aliphatic carbocycles. The Hall–Kier alpha value is -3.42. The van der Waals surface area contributed by atoms with E-state index in [2.05, 4.69) is 19.9 Å². The Morgan fingerprint density at radius 3 is 2.39 bits per heavy atom. The second-order valence-corrected chi connectivity index (χ2v) is 11.4. The number of ether oxygens (including phenoxy) is 5. The lowest BCUT2D eigenvalue weighted by Crippen LogP contribution is -2.29. The van der Waals surface area contributed by atoms with Crippen LogP contribution in [0, 0.1) is 17.2 Å².